The van der Waals surface area contributed by atoms with Gasteiger partial charge in [0, 0.05) is 13.2 Å². The van der Waals surface area contributed by atoms with Gasteiger partial charge in [-0.3, -0.25) is 0 Å². The Morgan fingerprint density at radius 1 is 0.684 bits per heavy atom. The molecule has 0 saturated heterocycles. The van der Waals surface area contributed by atoms with Gasteiger partial charge in [0.15, 0.2) is 0 Å². The molecule has 2 aliphatic carbocycles. The lowest BCUT2D eigenvalue weighted by molar-refractivity contribution is 0.0808. The lowest BCUT2D eigenvalue weighted by Crippen LogP contribution is -2.18. The minimum Gasteiger partial charge on any atom is -0.381 e. The molecule has 2 heteroatoms. The Bertz CT molecular complexity index is 919. The number of rotatable bonds is 14. The molecule has 0 aromatic heterocycles. The SMILES string of the molecule is CCCCOCC1CCC(c2ccc(-c3ccc(CCCCC4CCC(CCC)CC4)c(F)c3)cc2)CC1. The third kappa shape index (κ3) is 8.94. The van der Waals surface area contributed by atoms with Crippen LogP contribution in [0.25, 0.3) is 11.1 Å². The number of aryl methyl sites for hydroxylation is 1. The van der Waals surface area contributed by atoms with Crippen molar-refractivity contribution < 1.29 is 9.13 Å². The zero-order valence-corrected chi connectivity index (χ0v) is 24.4. The van der Waals surface area contributed by atoms with Crippen molar-refractivity contribution >= 4 is 0 Å². The molecule has 0 heterocycles. The molecular formula is C36H53FO. The van der Waals surface area contributed by atoms with Gasteiger partial charge >= 0.3 is 0 Å². The zero-order valence-electron chi connectivity index (χ0n) is 24.4. The van der Waals surface area contributed by atoms with Crippen molar-refractivity contribution in [2.45, 2.75) is 122 Å². The van der Waals surface area contributed by atoms with Crippen LogP contribution in [0.5, 0.6) is 0 Å². The van der Waals surface area contributed by atoms with E-state index in [0.29, 0.717) is 5.92 Å². The maximum Gasteiger partial charge on any atom is 0.127 e. The van der Waals surface area contributed by atoms with E-state index in [1.54, 1.807) is 6.07 Å². The summed E-state index contributed by atoms with van der Waals surface area (Å²) in [4.78, 5) is 0. The summed E-state index contributed by atoms with van der Waals surface area (Å²) in [6.45, 7) is 6.38. The smallest absolute Gasteiger partial charge is 0.127 e. The van der Waals surface area contributed by atoms with Gasteiger partial charge in [-0.1, -0.05) is 108 Å². The standard InChI is InChI=1S/C36H53FO/c1-3-5-25-38-27-30-15-17-31(18-16-30)32-19-21-33(22-20-32)35-24-23-34(36(37)26-35)10-7-6-9-29-13-11-28(8-4-2)12-14-29/h19-24,26,28-31H,3-18,25,27H2,1-2H3. The van der Waals surface area contributed by atoms with E-state index in [1.165, 1.54) is 95.5 Å². The molecule has 2 aliphatic rings. The first-order valence-corrected chi connectivity index (χ1v) is 16.1. The van der Waals surface area contributed by atoms with Crippen LogP contribution in [-0.4, -0.2) is 13.2 Å². The zero-order chi connectivity index (χ0) is 26.6. The second kappa shape index (κ2) is 15.8. The molecule has 0 N–H and O–H groups in total. The van der Waals surface area contributed by atoms with E-state index in [9.17, 15) is 4.39 Å². The highest BCUT2D eigenvalue weighted by Gasteiger charge is 2.23. The van der Waals surface area contributed by atoms with Crippen LogP contribution in [0.2, 0.25) is 0 Å². The first-order chi connectivity index (χ1) is 18.7. The Kier molecular flexibility index (Phi) is 12.2. The van der Waals surface area contributed by atoms with Crippen LogP contribution in [-0.2, 0) is 11.2 Å². The molecule has 0 spiro atoms. The number of benzene rings is 2. The number of unbranched alkanes of at least 4 members (excludes halogenated alkanes) is 2. The van der Waals surface area contributed by atoms with E-state index >= 15 is 0 Å². The summed E-state index contributed by atoms with van der Waals surface area (Å²) in [5, 5.41) is 0. The third-order valence-electron chi connectivity index (χ3n) is 9.58. The van der Waals surface area contributed by atoms with Gasteiger partial charge in [0.25, 0.3) is 0 Å². The predicted octanol–water partition coefficient (Wildman–Crippen LogP) is 10.9. The molecule has 1 nitrogen and oxygen atoms in total. The lowest BCUT2D eigenvalue weighted by atomic mass is 9.78. The van der Waals surface area contributed by atoms with Crippen molar-refractivity contribution in [2.75, 3.05) is 13.2 Å². The Labute approximate surface area is 233 Å². The highest BCUT2D eigenvalue weighted by Crippen LogP contribution is 2.37. The highest BCUT2D eigenvalue weighted by molar-refractivity contribution is 5.64. The maximum absolute atomic E-state index is 15.0. The van der Waals surface area contributed by atoms with Crippen LogP contribution in [0.4, 0.5) is 4.39 Å². The summed E-state index contributed by atoms with van der Waals surface area (Å²) in [5.74, 6) is 3.25. The van der Waals surface area contributed by atoms with Crippen LogP contribution in [0, 0.1) is 23.6 Å². The normalized spacial score (nSPS) is 24.0. The van der Waals surface area contributed by atoms with E-state index in [0.717, 1.165) is 60.5 Å². The van der Waals surface area contributed by atoms with Crippen molar-refractivity contribution in [3.63, 3.8) is 0 Å². The van der Waals surface area contributed by atoms with Crippen LogP contribution in [0.1, 0.15) is 127 Å². The van der Waals surface area contributed by atoms with Crippen LogP contribution in [0.3, 0.4) is 0 Å². The second-order valence-electron chi connectivity index (χ2n) is 12.5. The molecule has 38 heavy (non-hydrogen) atoms. The number of hydrogen-bond donors (Lipinski definition) is 0. The quantitative estimate of drug-likeness (QED) is 0.225. The van der Waals surface area contributed by atoms with Crippen molar-refractivity contribution in [1.29, 1.82) is 0 Å². The molecule has 2 fully saturated rings. The Morgan fingerprint density at radius 2 is 1.34 bits per heavy atom. The van der Waals surface area contributed by atoms with Crippen molar-refractivity contribution in [1.82, 2.24) is 0 Å². The van der Waals surface area contributed by atoms with Gasteiger partial charge in [0.1, 0.15) is 5.82 Å². The van der Waals surface area contributed by atoms with Gasteiger partial charge in [0.2, 0.25) is 0 Å². The third-order valence-corrected chi connectivity index (χ3v) is 9.58. The lowest BCUT2D eigenvalue weighted by Gasteiger charge is -2.28. The average molecular weight is 521 g/mol. The fourth-order valence-electron chi connectivity index (χ4n) is 7.00. The molecule has 2 aromatic rings. The van der Waals surface area contributed by atoms with Gasteiger partial charge in [-0.05, 0) is 96.9 Å². The predicted molar refractivity (Wildman–Crippen MR) is 160 cm³/mol. The molecule has 2 aromatic carbocycles. The first kappa shape index (κ1) is 29.3. The largest absolute Gasteiger partial charge is 0.381 e. The summed E-state index contributed by atoms with van der Waals surface area (Å²) in [5.41, 5.74) is 4.44. The van der Waals surface area contributed by atoms with Gasteiger partial charge in [-0.15, -0.1) is 0 Å². The number of ether oxygens (including phenoxy) is 1. The van der Waals surface area contributed by atoms with E-state index in [1.807, 2.05) is 6.07 Å². The summed E-state index contributed by atoms with van der Waals surface area (Å²) >= 11 is 0. The molecule has 4 rings (SSSR count). The minimum absolute atomic E-state index is 0.0360. The van der Waals surface area contributed by atoms with Crippen LogP contribution < -0.4 is 0 Å². The van der Waals surface area contributed by atoms with Crippen molar-refractivity contribution in [2.24, 2.45) is 17.8 Å². The fraction of sp³-hybridized carbons (Fsp3) is 0.667. The number of hydrogen-bond acceptors (Lipinski definition) is 1. The molecule has 2 saturated carbocycles. The van der Waals surface area contributed by atoms with E-state index < -0.39 is 0 Å². The average Bonchev–Trinajstić information content (AvgIpc) is 2.95. The Balaban J connectivity index is 1.19. The minimum atomic E-state index is -0.0360. The molecule has 0 aliphatic heterocycles. The molecule has 0 unspecified atom stereocenters. The van der Waals surface area contributed by atoms with Gasteiger partial charge < -0.3 is 4.74 Å². The Hall–Kier alpha value is -1.67. The summed E-state index contributed by atoms with van der Waals surface area (Å²) in [6, 6.07) is 14.8. The van der Waals surface area contributed by atoms with Gasteiger partial charge in [0.05, 0.1) is 0 Å². The van der Waals surface area contributed by atoms with Gasteiger partial charge in [-0.25, -0.2) is 4.39 Å². The summed E-state index contributed by atoms with van der Waals surface area (Å²) in [7, 11) is 0. The van der Waals surface area contributed by atoms with Crippen molar-refractivity contribution in [3.8, 4) is 11.1 Å². The maximum atomic E-state index is 15.0. The summed E-state index contributed by atoms with van der Waals surface area (Å²) < 4.78 is 20.8. The first-order valence-electron chi connectivity index (χ1n) is 16.1. The molecule has 0 bridgehead atoms. The van der Waals surface area contributed by atoms with Crippen molar-refractivity contribution in [3.05, 3.63) is 59.4 Å². The monoisotopic (exact) mass is 520 g/mol. The molecule has 0 radical (unpaired) electrons. The second-order valence-corrected chi connectivity index (χ2v) is 12.5. The Morgan fingerprint density at radius 3 is 2.00 bits per heavy atom. The molecule has 210 valence electrons. The van der Waals surface area contributed by atoms with E-state index in [4.69, 9.17) is 4.74 Å². The van der Waals surface area contributed by atoms with Crippen LogP contribution >= 0.6 is 0 Å². The molecular weight excluding hydrogens is 467 g/mol. The number of halogens is 1. The van der Waals surface area contributed by atoms with E-state index in [-0.39, 0.29) is 5.82 Å². The highest BCUT2D eigenvalue weighted by atomic mass is 19.1. The fourth-order valence-corrected chi connectivity index (χ4v) is 7.00. The molecule has 0 amide bonds. The van der Waals surface area contributed by atoms with E-state index in [2.05, 4.69) is 44.2 Å². The summed E-state index contributed by atoms with van der Waals surface area (Å²) in [6.07, 6.45) is 20.4. The topological polar surface area (TPSA) is 9.23 Å². The molecule has 0 atom stereocenters. The van der Waals surface area contributed by atoms with Crippen LogP contribution in [0.15, 0.2) is 42.5 Å². The van der Waals surface area contributed by atoms with Gasteiger partial charge in [-0.2, -0.15) is 0 Å².